The first-order valence-corrected chi connectivity index (χ1v) is 8.19. The molecule has 1 fully saturated rings. The number of nitrogens with zero attached hydrogens (tertiary/aromatic N) is 2. The van der Waals surface area contributed by atoms with Gasteiger partial charge in [0, 0.05) is 37.2 Å². The highest BCUT2D eigenvalue weighted by Gasteiger charge is 2.34. The number of carbonyl (C=O) groups is 1. The first-order valence-electron chi connectivity index (χ1n) is 8.19. The Balaban J connectivity index is 1.96. The van der Waals surface area contributed by atoms with Crippen LogP contribution in [0.1, 0.15) is 40.5 Å². The minimum Gasteiger partial charge on any atom is -0.444 e. The molecule has 0 unspecified atom stereocenters. The molecule has 132 valence electrons. The van der Waals surface area contributed by atoms with E-state index in [2.05, 4.69) is 20.5 Å². The van der Waals surface area contributed by atoms with E-state index in [-0.39, 0.29) is 11.6 Å². The highest BCUT2D eigenvalue weighted by molar-refractivity contribution is 6.01. The van der Waals surface area contributed by atoms with Crippen molar-refractivity contribution >= 4 is 18.1 Å². The molecule has 0 aliphatic carbocycles. The van der Waals surface area contributed by atoms with Gasteiger partial charge in [0.05, 0.1) is 5.70 Å². The molecule has 0 aromatic heterocycles. The number of nitrogens with one attached hydrogen (secondary N) is 3. The maximum absolute atomic E-state index is 12.0. The van der Waals surface area contributed by atoms with Gasteiger partial charge >= 0.3 is 6.09 Å². The molecule has 7 nitrogen and oxygen atoms in total. The predicted octanol–water partition coefficient (Wildman–Crippen LogP) is 2.37. The fraction of sp³-hybridized carbons (Fsp3) is 0.588. The van der Waals surface area contributed by atoms with E-state index in [9.17, 15) is 4.79 Å². The zero-order valence-corrected chi connectivity index (χ0v) is 14.8. The number of alkyl carbamates (subject to hydrolysis) is 1. The van der Waals surface area contributed by atoms with Gasteiger partial charge in [-0.2, -0.15) is 0 Å². The number of carbonyl (C=O) groups excluding carboxylic acids is 1. The minimum absolute atomic E-state index is 0.289. The Morgan fingerprint density at radius 1 is 1.46 bits per heavy atom. The molecular formula is C17H27N5O2. The van der Waals surface area contributed by atoms with Gasteiger partial charge in [0.15, 0.2) is 5.84 Å². The van der Waals surface area contributed by atoms with Gasteiger partial charge in [-0.1, -0.05) is 0 Å². The molecule has 0 atom stereocenters. The van der Waals surface area contributed by atoms with Crippen molar-refractivity contribution in [3.05, 3.63) is 24.2 Å². The lowest BCUT2D eigenvalue weighted by Crippen LogP contribution is -2.55. The summed E-state index contributed by atoms with van der Waals surface area (Å²) in [7, 11) is 0. The van der Waals surface area contributed by atoms with Crippen LogP contribution >= 0.6 is 0 Å². The Morgan fingerprint density at radius 3 is 2.71 bits per heavy atom. The number of hydrogen-bond donors (Lipinski definition) is 3. The number of aliphatic imine (C=N–C) groups is 1. The second-order valence-electron chi connectivity index (χ2n) is 7.33. The minimum atomic E-state index is -0.498. The second kappa shape index (κ2) is 7.07. The molecule has 3 N–H and O–H groups in total. The number of allylic oxidation sites excluding steroid dienone is 1. The molecule has 0 saturated carbocycles. The van der Waals surface area contributed by atoms with Gasteiger partial charge < -0.3 is 25.7 Å². The topological polar surface area (TPSA) is 89.8 Å². The van der Waals surface area contributed by atoms with E-state index in [1.165, 1.54) is 6.21 Å². The van der Waals surface area contributed by atoms with Gasteiger partial charge in [-0.3, -0.25) is 0 Å². The van der Waals surface area contributed by atoms with E-state index in [0.717, 1.165) is 37.5 Å². The van der Waals surface area contributed by atoms with Crippen LogP contribution in [-0.4, -0.2) is 47.3 Å². The number of likely N-dealkylation sites (tertiary alicyclic amines) is 1. The van der Waals surface area contributed by atoms with Crippen molar-refractivity contribution in [2.24, 2.45) is 4.99 Å². The Kier molecular flexibility index (Phi) is 5.31. The molecule has 2 aliphatic rings. The molecule has 1 saturated heterocycles. The van der Waals surface area contributed by atoms with Crippen molar-refractivity contribution in [3.63, 3.8) is 0 Å². The van der Waals surface area contributed by atoms with E-state index in [0.29, 0.717) is 0 Å². The molecule has 0 spiro atoms. The predicted molar refractivity (Wildman–Crippen MR) is 95.2 cm³/mol. The third-order valence-corrected chi connectivity index (χ3v) is 3.97. The maximum atomic E-state index is 12.0. The largest absolute Gasteiger partial charge is 0.444 e. The third-order valence-electron chi connectivity index (χ3n) is 3.97. The average molecular weight is 333 g/mol. The highest BCUT2D eigenvalue weighted by atomic mass is 16.6. The fourth-order valence-corrected chi connectivity index (χ4v) is 2.71. The van der Waals surface area contributed by atoms with Crippen LogP contribution in [0.25, 0.3) is 0 Å². The maximum Gasteiger partial charge on any atom is 0.408 e. The molecule has 2 aliphatic heterocycles. The van der Waals surface area contributed by atoms with Crippen LogP contribution in [0.3, 0.4) is 0 Å². The molecule has 2 rings (SSSR count). The monoisotopic (exact) mass is 333 g/mol. The molecule has 0 aromatic rings. The van der Waals surface area contributed by atoms with Gasteiger partial charge in [-0.15, -0.1) is 0 Å². The third kappa shape index (κ3) is 4.84. The standard InChI is InChI=1S/C17H27N5O2/c1-16(2,3)24-15(23)21-17(4)6-11-22(12-7-17)14-13(5-8-18)19-9-10-20-14/h5,8-10,18-19H,6-7,11-12H2,1-4H3,(H,21,23)/b13-5-,18-8?. The SMILES string of the molecule is CC1(NC(=O)OC(C)(C)C)CCN(C2=NC=CN/C2=C\C=N)CC1. The van der Waals surface area contributed by atoms with Crippen molar-refractivity contribution in [1.29, 1.82) is 5.41 Å². The Morgan fingerprint density at radius 2 is 2.12 bits per heavy atom. The number of ether oxygens (including phenoxy) is 1. The lowest BCUT2D eigenvalue weighted by Gasteiger charge is -2.41. The first-order chi connectivity index (χ1) is 11.2. The van der Waals surface area contributed by atoms with Crippen LogP contribution in [0.2, 0.25) is 0 Å². The lowest BCUT2D eigenvalue weighted by atomic mass is 9.89. The summed E-state index contributed by atoms with van der Waals surface area (Å²) in [6.45, 7) is 9.17. The van der Waals surface area contributed by atoms with Crippen LogP contribution in [0.5, 0.6) is 0 Å². The quantitative estimate of drug-likeness (QED) is 0.677. The first kappa shape index (κ1) is 18.0. The molecule has 2 heterocycles. The zero-order valence-electron chi connectivity index (χ0n) is 14.8. The Bertz CT molecular complexity index is 578. The second-order valence-corrected chi connectivity index (χ2v) is 7.33. The summed E-state index contributed by atoms with van der Waals surface area (Å²) in [5.41, 5.74) is 0.0294. The number of piperidine rings is 1. The smallest absolute Gasteiger partial charge is 0.408 e. The summed E-state index contributed by atoms with van der Waals surface area (Å²) >= 11 is 0. The molecule has 0 bridgehead atoms. The van der Waals surface area contributed by atoms with Gasteiger partial charge in [0.25, 0.3) is 0 Å². The number of hydrogen-bond acceptors (Lipinski definition) is 6. The summed E-state index contributed by atoms with van der Waals surface area (Å²) in [4.78, 5) is 18.6. The molecule has 1 amide bonds. The molecule has 0 aromatic carbocycles. The Hall–Kier alpha value is -2.31. The van der Waals surface area contributed by atoms with Crippen molar-refractivity contribution < 1.29 is 9.53 Å². The van der Waals surface area contributed by atoms with E-state index in [1.54, 1.807) is 18.5 Å². The zero-order chi connectivity index (χ0) is 17.8. The van der Waals surface area contributed by atoms with Crippen LogP contribution in [0, 0.1) is 5.41 Å². The van der Waals surface area contributed by atoms with Crippen LogP contribution in [-0.2, 0) is 4.74 Å². The van der Waals surface area contributed by atoms with Crippen molar-refractivity contribution in [1.82, 2.24) is 15.5 Å². The molecule has 24 heavy (non-hydrogen) atoms. The molecular weight excluding hydrogens is 306 g/mol. The summed E-state index contributed by atoms with van der Waals surface area (Å²) in [5.74, 6) is 0.834. The van der Waals surface area contributed by atoms with E-state index < -0.39 is 5.60 Å². The summed E-state index contributed by atoms with van der Waals surface area (Å²) in [6, 6.07) is 0. The van der Waals surface area contributed by atoms with Crippen LogP contribution in [0.15, 0.2) is 29.2 Å². The summed E-state index contributed by atoms with van der Waals surface area (Å²) in [5, 5.41) is 13.4. The number of rotatable bonds is 2. The van der Waals surface area contributed by atoms with Gasteiger partial charge in [-0.05, 0) is 46.6 Å². The average Bonchev–Trinajstić information content (AvgIpc) is 2.47. The summed E-state index contributed by atoms with van der Waals surface area (Å²) in [6.07, 6.45) is 7.62. The van der Waals surface area contributed by atoms with Crippen molar-refractivity contribution in [2.45, 2.75) is 51.7 Å². The van der Waals surface area contributed by atoms with E-state index in [1.807, 2.05) is 27.7 Å². The number of amides is 1. The lowest BCUT2D eigenvalue weighted by molar-refractivity contribution is 0.0427. The molecule has 0 radical (unpaired) electrons. The number of amidine groups is 1. The van der Waals surface area contributed by atoms with E-state index >= 15 is 0 Å². The Labute approximate surface area is 143 Å². The van der Waals surface area contributed by atoms with Gasteiger partial charge in [0.2, 0.25) is 0 Å². The summed E-state index contributed by atoms with van der Waals surface area (Å²) < 4.78 is 5.36. The normalized spacial score (nSPS) is 21.8. The van der Waals surface area contributed by atoms with Gasteiger partial charge in [-0.25, -0.2) is 9.79 Å². The molecule has 7 heteroatoms. The van der Waals surface area contributed by atoms with Crippen LogP contribution in [0.4, 0.5) is 4.79 Å². The van der Waals surface area contributed by atoms with E-state index in [4.69, 9.17) is 10.1 Å². The van der Waals surface area contributed by atoms with Crippen molar-refractivity contribution in [2.75, 3.05) is 13.1 Å². The fourth-order valence-electron chi connectivity index (χ4n) is 2.71. The van der Waals surface area contributed by atoms with Gasteiger partial charge in [0.1, 0.15) is 5.60 Å². The van der Waals surface area contributed by atoms with Crippen LogP contribution < -0.4 is 10.6 Å². The highest BCUT2D eigenvalue weighted by Crippen LogP contribution is 2.24. The van der Waals surface area contributed by atoms with Crippen molar-refractivity contribution in [3.8, 4) is 0 Å².